The summed E-state index contributed by atoms with van der Waals surface area (Å²) in [5.74, 6) is -0.501. The van der Waals surface area contributed by atoms with Gasteiger partial charge in [-0.05, 0) is 80.3 Å². The number of halogens is 1. The molecule has 0 radical (unpaired) electrons. The van der Waals surface area contributed by atoms with Crippen molar-refractivity contribution in [2.24, 2.45) is 0 Å². The first-order valence-corrected chi connectivity index (χ1v) is 12.2. The minimum absolute atomic E-state index is 0.137. The first-order valence-electron chi connectivity index (χ1n) is 12.2. The van der Waals surface area contributed by atoms with E-state index >= 15 is 0 Å². The summed E-state index contributed by atoms with van der Waals surface area (Å²) in [4.78, 5) is 27.1. The van der Waals surface area contributed by atoms with Crippen LogP contribution in [0.1, 0.15) is 54.1 Å². The van der Waals surface area contributed by atoms with Crippen molar-refractivity contribution in [1.29, 1.82) is 0 Å². The normalized spacial score (nSPS) is 10.6. The van der Waals surface area contributed by atoms with Crippen LogP contribution in [-0.2, 0) is 6.42 Å². The maximum atomic E-state index is 13.4. The Labute approximate surface area is 207 Å². The standard InChI is InChI=1S/C29H34FN3O2/c1-3-4-5-7-23-10-12-24(13-11-23)28(34)31-20-6-21-33(27-18-14-25(30)15-19-27)29(35)32-26-16-8-22(2)9-17-26/h8-19H,3-7,20-21H2,1-2H3,(H,31,34)(H,32,35). The molecule has 0 saturated heterocycles. The Morgan fingerprint density at radius 3 is 2.20 bits per heavy atom. The van der Waals surface area contributed by atoms with Crippen LogP contribution in [0.15, 0.2) is 72.8 Å². The lowest BCUT2D eigenvalue weighted by atomic mass is 10.1. The fraction of sp³-hybridized carbons (Fsp3) is 0.310. The quantitative estimate of drug-likeness (QED) is 0.302. The van der Waals surface area contributed by atoms with Gasteiger partial charge in [0.15, 0.2) is 0 Å². The molecule has 3 aromatic carbocycles. The Bertz CT molecular complexity index is 1080. The molecule has 0 saturated carbocycles. The molecule has 0 fully saturated rings. The van der Waals surface area contributed by atoms with Crippen molar-refractivity contribution in [3.8, 4) is 0 Å². The monoisotopic (exact) mass is 475 g/mol. The third-order valence-corrected chi connectivity index (χ3v) is 5.82. The van der Waals surface area contributed by atoms with Gasteiger partial charge in [0.05, 0.1) is 0 Å². The van der Waals surface area contributed by atoms with E-state index < -0.39 is 0 Å². The van der Waals surface area contributed by atoms with Crippen LogP contribution in [0, 0.1) is 12.7 Å². The summed E-state index contributed by atoms with van der Waals surface area (Å²) in [6, 6.07) is 20.7. The third-order valence-electron chi connectivity index (χ3n) is 5.82. The number of carbonyl (C=O) groups is 2. The second-order valence-electron chi connectivity index (χ2n) is 8.69. The minimum Gasteiger partial charge on any atom is -0.352 e. The highest BCUT2D eigenvalue weighted by Crippen LogP contribution is 2.18. The lowest BCUT2D eigenvalue weighted by Gasteiger charge is -2.23. The van der Waals surface area contributed by atoms with Crippen molar-refractivity contribution in [3.63, 3.8) is 0 Å². The van der Waals surface area contributed by atoms with E-state index in [1.807, 2.05) is 55.5 Å². The third kappa shape index (κ3) is 8.25. The number of urea groups is 1. The number of carbonyl (C=O) groups excluding carboxylic acids is 2. The van der Waals surface area contributed by atoms with Crippen LogP contribution in [0.3, 0.4) is 0 Å². The van der Waals surface area contributed by atoms with Crippen LogP contribution in [0.2, 0.25) is 0 Å². The zero-order valence-corrected chi connectivity index (χ0v) is 20.5. The number of rotatable bonds is 11. The van der Waals surface area contributed by atoms with Crippen LogP contribution in [0.25, 0.3) is 0 Å². The van der Waals surface area contributed by atoms with Crippen molar-refractivity contribution in [1.82, 2.24) is 5.32 Å². The smallest absolute Gasteiger partial charge is 0.326 e. The van der Waals surface area contributed by atoms with E-state index in [2.05, 4.69) is 17.6 Å². The number of aryl methyl sites for hydroxylation is 2. The number of unbranched alkanes of at least 4 members (excludes halogenated alkanes) is 2. The van der Waals surface area contributed by atoms with Gasteiger partial charge in [-0.15, -0.1) is 0 Å². The minimum atomic E-state index is -0.365. The molecule has 0 aliphatic heterocycles. The summed E-state index contributed by atoms with van der Waals surface area (Å²) in [7, 11) is 0. The Morgan fingerprint density at radius 1 is 0.857 bits per heavy atom. The van der Waals surface area contributed by atoms with Crippen LogP contribution < -0.4 is 15.5 Å². The number of nitrogens with one attached hydrogen (secondary N) is 2. The molecule has 0 aromatic heterocycles. The summed E-state index contributed by atoms with van der Waals surface area (Å²) in [6.07, 6.45) is 5.12. The molecule has 3 amide bonds. The summed E-state index contributed by atoms with van der Waals surface area (Å²) in [5, 5.41) is 5.81. The van der Waals surface area contributed by atoms with Gasteiger partial charge in [-0.25, -0.2) is 9.18 Å². The number of benzene rings is 3. The van der Waals surface area contributed by atoms with Gasteiger partial charge >= 0.3 is 6.03 Å². The largest absolute Gasteiger partial charge is 0.352 e. The summed E-state index contributed by atoms with van der Waals surface area (Å²) in [6.45, 7) is 4.93. The summed E-state index contributed by atoms with van der Waals surface area (Å²) >= 11 is 0. The van der Waals surface area contributed by atoms with Gasteiger partial charge < -0.3 is 10.6 Å². The van der Waals surface area contributed by atoms with Crippen molar-refractivity contribution < 1.29 is 14.0 Å². The van der Waals surface area contributed by atoms with Crippen molar-refractivity contribution in [2.75, 3.05) is 23.3 Å². The molecule has 2 N–H and O–H groups in total. The Kier molecular flexibility index (Phi) is 9.84. The molecule has 0 spiro atoms. The Hall–Kier alpha value is -3.67. The van der Waals surface area contributed by atoms with Gasteiger partial charge in [-0.3, -0.25) is 9.69 Å². The molecule has 184 valence electrons. The number of nitrogens with zero attached hydrogens (tertiary/aromatic N) is 1. The fourth-order valence-corrected chi connectivity index (χ4v) is 3.74. The van der Waals surface area contributed by atoms with E-state index in [9.17, 15) is 14.0 Å². The van der Waals surface area contributed by atoms with Crippen LogP contribution >= 0.6 is 0 Å². The highest BCUT2D eigenvalue weighted by atomic mass is 19.1. The van der Waals surface area contributed by atoms with Crippen LogP contribution in [0.4, 0.5) is 20.6 Å². The number of hydrogen-bond acceptors (Lipinski definition) is 2. The second-order valence-corrected chi connectivity index (χ2v) is 8.69. The molecule has 3 aromatic rings. The fourth-order valence-electron chi connectivity index (χ4n) is 3.74. The van der Waals surface area contributed by atoms with Gasteiger partial charge in [-0.2, -0.15) is 0 Å². The molecule has 3 rings (SSSR count). The average Bonchev–Trinajstić information content (AvgIpc) is 2.86. The molecule has 0 atom stereocenters. The predicted octanol–water partition coefficient (Wildman–Crippen LogP) is 6.73. The molecule has 0 bridgehead atoms. The molecule has 0 unspecified atom stereocenters. The van der Waals surface area contributed by atoms with Crippen LogP contribution in [0.5, 0.6) is 0 Å². The zero-order valence-electron chi connectivity index (χ0n) is 20.5. The lowest BCUT2D eigenvalue weighted by molar-refractivity contribution is 0.0953. The van der Waals surface area contributed by atoms with E-state index in [1.54, 1.807) is 17.0 Å². The van der Waals surface area contributed by atoms with Gasteiger partial charge in [0.2, 0.25) is 0 Å². The molecule has 6 heteroatoms. The number of anilines is 2. The maximum absolute atomic E-state index is 13.4. The zero-order chi connectivity index (χ0) is 25.0. The highest BCUT2D eigenvalue weighted by molar-refractivity contribution is 6.01. The van der Waals surface area contributed by atoms with E-state index in [0.29, 0.717) is 36.4 Å². The summed E-state index contributed by atoms with van der Waals surface area (Å²) in [5.41, 5.74) is 4.22. The Balaban J connectivity index is 1.55. The molecular weight excluding hydrogens is 441 g/mol. The molecular formula is C29H34FN3O2. The van der Waals surface area contributed by atoms with Gasteiger partial charge in [0.1, 0.15) is 5.82 Å². The number of hydrogen-bond donors (Lipinski definition) is 2. The molecule has 35 heavy (non-hydrogen) atoms. The average molecular weight is 476 g/mol. The molecule has 0 aliphatic rings. The maximum Gasteiger partial charge on any atom is 0.326 e. The molecule has 5 nitrogen and oxygen atoms in total. The van der Waals surface area contributed by atoms with E-state index in [0.717, 1.165) is 18.4 Å². The SMILES string of the molecule is CCCCCc1ccc(C(=O)NCCCN(C(=O)Nc2ccc(C)cc2)c2ccc(F)cc2)cc1. The van der Waals surface area contributed by atoms with E-state index in [-0.39, 0.29) is 17.8 Å². The van der Waals surface area contributed by atoms with E-state index in [4.69, 9.17) is 0 Å². The topological polar surface area (TPSA) is 61.4 Å². The second kappa shape index (κ2) is 13.3. The van der Waals surface area contributed by atoms with Gasteiger partial charge in [0.25, 0.3) is 5.91 Å². The van der Waals surface area contributed by atoms with Crippen LogP contribution in [-0.4, -0.2) is 25.0 Å². The lowest BCUT2D eigenvalue weighted by Crippen LogP contribution is -2.37. The van der Waals surface area contributed by atoms with Crippen molar-refractivity contribution in [3.05, 3.63) is 95.3 Å². The predicted molar refractivity (Wildman–Crippen MR) is 141 cm³/mol. The first kappa shape index (κ1) is 25.9. The highest BCUT2D eigenvalue weighted by Gasteiger charge is 2.16. The van der Waals surface area contributed by atoms with Gasteiger partial charge in [0, 0.05) is 30.0 Å². The van der Waals surface area contributed by atoms with E-state index in [1.165, 1.54) is 30.5 Å². The van der Waals surface area contributed by atoms with Gasteiger partial charge in [-0.1, -0.05) is 49.6 Å². The Morgan fingerprint density at radius 2 is 1.54 bits per heavy atom. The van der Waals surface area contributed by atoms with Crippen molar-refractivity contribution >= 4 is 23.3 Å². The molecule has 0 heterocycles. The van der Waals surface area contributed by atoms with Crippen molar-refractivity contribution in [2.45, 2.75) is 46.0 Å². The first-order chi connectivity index (χ1) is 17.0. The summed E-state index contributed by atoms with van der Waals surface area (Å²) < 4.78 is 13.4. The molecule has 0 aliphatic carbocycles. The number of amides is 3.